The minimum absolute atomic E-state index is 0.232. The van der Waals surface area contributed by atoms with Crippen molar-refractivity contribution in [2.24, 2.45) is 5.92 Å². The fraction of sp³-hybridized carbons (Fsp3) is 0.529. The van der Waals surface area contributed by atoms with E-state index in [0.717, 1.165) is 24.3 Å². The van der Waals surface area contributed by atoms with Crippen LogP contribution in [-0.2, 0) is 0 Å². The zero-order valence-electron chi connectivity index (χ0n) is 12.4. The van der Waals surface area contributed by atoms with Gasteiger partial charge >= 0.3 is 0 Å². The zero-order valence-corrected chi connectivity index (χ0v) is 12.4. The van der Waals surface area contributed by atoms with Crippen molar-refractivity contribution in [1.29, 1.82) is 0 Å². The summed E-state index contributed by atoms with van der Waals surface area (Å²) in [5.41, 5.74) is 1.22. The number of hydrogen-bond donors (Lipinski definition) is 2. The number of hydrogen-bond acceptors (Lipinski definition) is 4. The number of benzene rings is 1. The highest BCUT2D eigenvalue weighted by atomic mass is 16.6. The molecule has 2 N–H and O–H groups in total. The van der Waals surface area contributed by atoms with E-state index in [2.05, 4.69) is 36.5 Å². The third-order valence-corrected chi connectivity index (χ3v) is 4.20. The van der Waals surface area contributed by atoms with E-state index in [1.807, 2.05) is 6.07 Å². The van der Waals surface area contributed by atoms with E-state index in [1.54, 1.807) is 0 Å². The van der Waals surface area contributed by atoms with Crippen molar-refractivity contribution in [2.45, 2.75) is 31.8 Å². The lowest BCUT2D eigenvalue weighted by Gasteiger charge is -2.24. The van der Waals surface area contributed by atoms with Crippen LogP contribution in [0.5, 0.6) is 11.5 Å². The summed E-state index contributed by atoms with van der Waals surface area (Å²) in [5.74, 6) is 1.97. The molecule has 4 heteroatoms. The molecular formula is C17H23NO3. The van der Waals surface area contributed by atoms with Crippen LogP contribution in [-0.4, -0.2) is 31.0 Å². The van der Waals surface area contributed by atoms with Crippen LogP contribution < -0.4 is 14.8 Å². The quantitative estimate of drug-likeness (QED) is 0.818. The number of aliphatic hydroxyl groups excluding tert-OH is 1. The lowest BCUT2D eigenvalue weighted by Crippen LogP contribution is -2.30. The molecule has 4 nitrogen and oxygen atoms in total. The van der Waals surface area contributed by atoms with E-state index in [0.29, 0.717) is 25.2 Å². The summed E-state index contributed by atoms with van der Waals surface area (Å²) in [6.45, 7) is 3.65. The molecule has 1 aromatic rings. The molecule has 1 unspecified atom stereocenters. The topological polar surface area (TPSA) is 50.7 Å². The molecule has 1 aromatic carbocycles. The molecule has 0 saturated heterocycles. The molecule has 0 spiro atoms. The summed E-state index contributed by atoms with van der Waals surface area (Å²) >= 11 is 0. The maximum Gasteiger partial charge on any atom is 0.161 e. The fourth-order valence-electron chi connectivity index (χ4n) is 3.02. The van der Waals surface area contributed by atoms with Gasteiger partial charge in [0.05, 0.1) is 0 Å². The van der Waals surface area contributed by atoms with Crippen molar-refractivity contribution in [2.75, 3.05) is 19.8 Å². The molecule has 0 aromatic heterocycles. The molecule has 2 aliphatic rings. The van der Waals surface area contributed by atoms with Crippen LogP contribution in [0.4, 0.5) is 0 Å². The van der Waals surface area contributed by atoms with Gasteiger partial charge in [-0.25, -0.2) is 0 Å². The van der Waals surface area contributed by atoms with Gasteiger partial charge in [-0.05, 0) is 30.5 Å². The SMILES string of the molecule is CCC(N[C@@H]1C=C[C@H](CO)C1)c1ccc2c(c1)OCCO2. The summed E-state index contributed by atoms with van der Waals surface area (Å²) in [6.07, 6.45) is 6.25. The highest BCUT2D eigenvalue weighted by Crippen LogP contribution is 2.33. The molecule has 114 valence electrons. The molecule has 21 heavy (non-hydrogen) atoms. The van der Waals surface area contributed by atoms with Gasteiger partial charge in [-0.1, -0.05) is 25.1 Å². The standard InChI is InChI=1S/C17H23NO3/c1-2-15(18-14-5-3-12(9-14)11-19)13-4-6-16-17(10-13)21-8-7-20-16/h3-6,10,12,14-15,18-19H,2,7-9,11H2,1H3/t12-,14+,15?/m0/s1. The first-order chi connectivity index (χ1) is 10.3. The summed E-state index contributed by atoms with van der Waals surface area (Å²) in [4.78, 5) is 0. The Bertz CT molecular complexity index is 515. The summed E-state index contributed by atoms with van der Waals surface area (Å²) in [7, 11) is 0. The fourth-order valence-corrected chi connectivity index (χ4v) is 3.02. The highest BCUT2D eigenvalue weighted by molar-refractivity contribution is 5.44. The van der Waals surface area contributed by atoms with Crippen molar-refractivity contribution in [1.82, 2.24) is 5.32 Å². The number of fused-ring (bicyclic) bond motifs is 1. The van der Waals surface area contributed by atoms with E-state index in [-0.39, 0.29) is 12.6 Å². The molecule has 3 rings (SSSR count). The van der Waals surface area contributed by atoms with Gasteiger partial charge in [-0.3, -0.25) is 0 Å². The molecule has 3 atom stereocenters. The van der Waals surface area contributed by atoms with E-state index in [9.17, 15) is 5.11 Å². The first kappa shape index (κ1) is 14.4. The predicted octanol–water partition coefficient (Wildman–Crippen LogP) is 2.44. The lowest BCUT2D eigenvalue weighted by atomic mass is 10.0. The molecule has 0 amide bonds. The Labute approximate surface area is 125 Å². The molecule has 1 aliphatic carbocycles. The van der Waals surface area contributed by atoms with E-state index >= 15 is 0 Å². The van der Waals surface area contributed by atoms with Crippen LogP contribution in [0.25, 0.3) is 0 Å². The van der Waals surface area contributed by atoms with Crippen LogP contribution in [0.2, 0.25) is 0 Å². The van der Waals surface area contributed by atoms with Crippen molar-refractivity contribution in [3.8, 4) is 11.5 Å². The van der Waals surface area contributed by atoms with Crippen LogP contribution in [0.3, 0.4) is 0 Å². The van der Waals surface area contributed by atoms with Crippen molar-refractivity contribution in [3.05, 3.63) is 35.9 Å². The van der Waals surface area contributed by atoms with Gasteiger partial charge in [-0.15, -0.1) is 0 Å². The Hall–Kier alpha value is -1.52. The van der Waals surface area contributed by atoms with Gasteiger partial charge < -0.3 is 19.9 Å². The van der Waals surface area contributed by atoms with Crippen LogP contribution in [0, 0.1) is 5.92 Å². The number of rotatable bonds is 5. The van der Waals surface area contributed by atoms with E-state index in [4.69, 9.17) is 9.47 Å². The lowest BCUT2D eigenvalue weighted by molar-refractivity contribution is 0.171. The van der Waals surface area contributed by atoms with Gasteiger partial charge in [0.25, 0.3) is 0 Å². The summed E-state index contributed by atoms with van der Waals surface area (Å²) in [5, 5.41) is 12.9. The molecule has 0 fully saturated rings. The molecule has 1 heterocycles. The third-order valence-electron chi connectivity index (χ3n) is 4.20. The third kappa shape index (κ3) is 3.22. The second-order valence-corrected chi connectivity index (χ2v) is 5.70. The first-order valence-corrected chi connectivity index (χ1v) is 7.75. The van der Waals surface area contributed by atoms with Crippen molar-refractivity contribution >= 4 is 0 Å². The average molecular weight is 289 g/mol. The van der Waals surface area contributed by atoms with Gasteiger partial charge in [0.2, 0.25) is 0 Å². The molecule has 0 bridgehead atoms. The smallest absolute Gasteiger partial charge is 0.161 e. The average Bonchev–Trinajstić information content (AvgIpc) is 3.00. The second-order valence-electron chi connectivity index (χ2n) is 5.70. The van der Waals surface area contributed by atoms with Crippen LogP contribution in [0.1, 0.15) is 31.4 Å². The van der Waals surface area contributed by atoms with E-state index < -0.39 is 0 Å². The number of ether oxygens (including phenoxy) is 2. The predicted molar refractivity (Wildman–Crippen MR) is 81.7 cm³/mol. The Morgan fingerprint density at radius 1 is 1.24 bits per heavy atom. The van der Waals surface area contributed by atoms with Gasteiger partial charge in [0.1, 0.15) is 13.2 Å². The monoisotopic (exact) mass is 289 g/mol. The minimum Gasteiger partial charge on any atom is -0.486 e. The Kier molecular flexibility index (Phi) is 4.46. The summed E-state index contributed by atoms with van der Waals surface area (Å²) in [6, 6.07) is 6.80. The molecular weight excluding hydrogens is 266 g/mol. The Morgan fingerprint density at radius 2 is 2.05 bits per heavy atom. The number of aliphatic hydroxyl groups is 1. The van der Waals surface area contributed by atoms with Crippen molar-refractivity contribution < 1.29 is 14.6 Å². The Morgan fingerprint density at radius 3 is 2.76 bits per heavy atom. The first-order valence-electron chi connectivity index (χ1n) is 7.75. The molecule has 1 aliphatic heterocycles. The maximum absolute atomic E-state index is 9.22. The second kappa shape index (κ2) is 6.50. The van der Waals surface area contributed by atoms with Crippen LogP contribution in [0.15, 0.2) is 30.4 Å². The minimum atomic E-state index is 0.232. The van der Waals surface area contributed by atoms with Crippen LogP contribution >= 0.6 is 0 Å². The summed E-state index contributed by atoms with van der Waals surface area (Å²) < 4.78 is 11.2. The largest absolute Gasteiger partial charge is 0.486 e. The number of nitrogens with one attached hydrogen (secondary N) is 1. The molecule has 0 radical (unpaired) electrons. The van der Waals surface area contributed by atoms with Crippen molar-refractivity contribution in [3.63, 3.8) is 0 Å². The zero-order chi connectivity index (χ0) is 14.7. The molecule has 0 saturated carbocycles. The Balaban J connectivity index is 1.70. The maximum atomic E-state index is 9.22. The van der Waals surface area contributed by atoms with Gasteiger partial charge in [0.15, 0.2) is 11.5 Å². The van der Waals surface area contributed by atoms with E-state index in [1.165, 1.54) is 5.56 Å². The normalized spacial score (nSPS) is 25.0. The van der Waals surface area contributed by atoms with Gasteiger partial charge in [-0.2, -0.15) is 0 Å². The highest BCUT2D eigenvalue weighted by Gasteiger charge is 2.22. The van der Waals surface area contributed by atoms with Gasteiger partial charge in [0, 0.05) is 24.6 Å².